The normalized spacial score (nSPS) is 12.1. The number of ether oxygens (including phenoxy) is 1. The van der Waals surface area contributed by atoms with E-state index in [-0.39, 0.29) is 22.5 Å². The number of nitrogens with one attached hydrogen (secondary N) is 1. The fourth-order valence-corrected chi connectivity index (χ4v) is 4.35. The van der Waals surface area contributed by atoms with Crippen molar-refractivity contribution >= 4 is 16.7 Å². The number of phenolic OH excluding ortho intramolecular Hbond substituents is 1. The molecule has 0 spiro atoms. The van der Waals surface area contributed by atoms with Gasteiger partial charge in [0.15, 0.2) is 0 Å². The monoisotopic (exact) mass is 475 g/mol. The summed E-state index contributed by atoms with van der Waals surface area (Å²) in [6.45, 7) is 14.7. The molecule has 1 amide bonds. The minimum atomic E-state index is -0.254. The van der Waals surface area contributed by atoms with E-state index in [2.05, 4.69) is 65.1 Å². The van der Waals surface area contributed by atoms with Crippen LogP contribution in [0.1, 0.15) is 75.9 Å². The van der Waals surface area contributed by atoms with Gasteiger partial charge in [-0.3, -0.25) is 4.79 Å². The molecule has 3 aromatic rings. The lowest BCUT2D eigenvalue weighted by Crippen LogP contribution is -2.24. The average molecular weight is 476 g/mol. The second-order valence-electron chi connectivity index (χ2n) is 11.9. The number of hydrogen-bond acceptors (Lipinski definition) is 3. The van der Waals surface area contributed by atoms with Crippen molar-refractivity contribution in [1.82, 2.24) is 5.32 Å². The topological polar surface area (TPSA) is 58.6 Å². The number of amides is 1. The molecule has 3 aromatic carbocycles. The highest BCUT2D eigenvalue weighted by Gasteiger charge is 2.18. The minimum Gasteiger partial charge on any atom is -0.506 e. The van der Waals surface area contributed by atoms with Gasteiger partial charge in [0.25, 0.3) is 5.91 Å². The van der Waals surface area contributed by atoms with Gasteiger partial charge in [-0.2, -0.15) is 0 Å². The molecular weight excluding hydrogens is 434 g/mol. The zero-order valence-electron chi connectivity index (χ0n) is 22.2. The van der Waals surface area contributed by atoms with Crippen molar-refractivity contribution in [3.8, 4) is 11.5 Å². The molecule has 2 N–H and O–H groups in total. The summed E-state index contributed by atoms with van der Waals surface area (Å²) in [5.41, 5.74) is 3.34. The summed E-state index contributed by atoms with van der Waals surface area (Å²) in [6.07, 6.45) is 3.64. The smallest absolute Gasteiger partial charge is 0.255 e. The van der Waals surface area contributed by atoms with Crippen molar-refractivity contribution in [2.24, 2.45) is 10.8 Å². The fourth-order valence-electron chi connectivity index (χ4n) is 4.35. The quantitative estimate of drug-likeness (QED) is 0.319. The van der Waals surface area contributed by atoms with Gasteiger partial charge in [0.1, 0.15) is 11.5 Å². The van der Waals surface area contributed by atoms with Crippen molar-refractivity contribution in [3.05, 3.63) is 71.3 Å². The molecule has 0 fully saturated rings. The molecule has 0 aliphatic carbocycles. The first-order valence-corrected chi connectivity index (χ1v) is 12.7. The van der Waals surface area contributed by atoms with Crippen molar-refractivity contribution in [2.75, 3.05) is 13.2 Å². The molecule has 0 saturated carbocycles. The lowest BCUT2D eigenvalue weighted by Gasteiger charge is -2.23. The van der Waals surface area contributed by atoms with Crippen LogP contribution < -0.4 is 10.1 Å². The van der Waals surface area contributed by atoms with E-state index < -0.39 is 0 Å². The summed E-state index contributed by atoms with van der Waals surface area (Å²) >= 11 is 0. The van der Waals surface area contributed by atoms with Crippen LogP contribution >= 0.6 is 0 Å². The van der Waals surface area contributed by atoms with E-state index in [1.807, 2.05) is 30.3 Å². The van der Waals surface area contributed by atoms with Gasteiger partial charge in [-0.05, 0) is 65.2 Å². The van der Waals surface area contributed by atoms with Crippen molar-refractivity contribution < 1.29 is 14.6 Å². The Labute approximate surface area is 210 Å². The molecule has 188 valence electrons. The van der Waals surface area contributed by atoms with E-state index in [4.69, 9.17) is 4.74 Å². The van der Waals surface area contributed by atoms with Crippen molar-refractivity contribution in [2.45, 2.75) is 67.2 Å². The van der Waals surface area contributed by atoms with Crippen LogP contribution in [0.4, 0.5) is 0 Å². The van der Waals surface area contributed by atoms with E-state index >= 15 is 0 Å². The molecule has 4 heteroatoms. The van der Waals surface area contributed by atoms with Gasteiger partial charge >= 0.3 is 0 Å². The molecule has 0 bridgehead atoms. The van der Waals surface area contributed by atoms with Crippen molar-refractivity contribution in [1.29, 1.82) is 0 Å². The van der Waals surface area contributed by atoms with Gasteiger partial charge in [0.2, 0.25) is 0 Å². The van der Waals surface area contributed by atoms with Gasteiger partial charge in [-0.1, -0.05) is 84.0 Å². The number of benzene rings is 3. The molecule has 4 nitrogen and oxygen atoms in total. The number of aromatic hydroxyl groups is 1. The first kappa shape index (κ1) is 26.6. The standard InChI is InChI=1S/C31H41NO3/c1-30(2,3)20-22-13-16-27(24(19-22)21-31(4,5)6)35-18-10-9-17-32-29(34)26-15-14-23-11-7-8-12-25(23)28(26)33/h7-8,11-16,19,33H,9-10,17-18,20-21H2,1-6H3,(H,32,34). The van der Waals surface area contributed by atoms with Crippen LogP contribution in [0.15, 0.2) is 54.6 Å². The van der Waals surface area contributed by atoms with E-state index in [9.17, 15) is 9.90 Å². The predicted octanol–water partition coefficient (Wildman–Crippen LogP) is 7.31. The van der Waals surface area contributed by atoms with Gasteiger partial charge in [-0.15, -0.1) is 0 Å². The maximum absolute atomic E-state index is 12.6. The molecule has 3 rings (SSSR count). The van der Waals surface area contributed by atoms with Crippen LogP contribution in [0.25, 0.3) is 10.8 Å². The second kappa shape index (κ2) is 11.2. The summed E-state index contributed by atoms with van der Waals surface area (Å²) in [5.74, 6) is 0.740. The van der Waals surface area contributed by atoms with Gasteiger partial charge < -0.3 is 15.2 Å². The van der Waals surface area contributed by atoms with Gasteiger partial charge in [-0.25, -0.2) is 0 Å². The molecular formula is C31H41NO3. The highest BCUT2D eigenvalue weighted by Crippen LogP contribution is 2.31. The summed E-state index contributed by atoms with van der Waals surface area (Å²) < 4.78 is 6.17. The molecule has 0 aliphatic rings. The lowest BCUT2D eigenvalue weighted by atomic mass is 9.84. The van der Waals surface area contributed by atoms with Crippen LogP contribution in [-0.2, 0) is 12.8 Å². The molecule has 0 aromatic heterocycles. The third-order valence-electron chi connectivity index (χ3n) is 5.84. The Hall–Kier alpha value is -3.01. The molecule has 0 atom stereocenters. The Bertz CT molecular complexity index is 1150. The summed E-state index contributed by atoms with van der Waals surface area (Å²) in [4.78, 5) is 12.6. The van der Waals surface area contributed by atoms with E-state index in [0.717, 1.165) is 36.8 Å². The zero-order chi connectivity index (χ0) is 25.6. The first-order valence-electron chi connectivity index (χ1n) is 12.7. The molecule has 0 aliphatic heterocycles. The summed E-state index contributed by atoms with van der Waals surface area (Å²) in [7, 11) is 0. The lowest BCUT2D eigenvalue weighted by molar-refractivity contribution is 0.0950. The Kier molecular flexibility index (Phi) is 8.47. The van der Waals surface area contributed by atoms with E-state index in [1.54, 1.807) is 6.07 Å². The number of phenols is 1. The third-order valence-corrected chi connectivity index (χ3v) is 5.84. The summed E-state index contributed by atoms with van der Waals surface area (Å²) in [5, 5.41) is 15.0. The van der Waals surface area contributed by atoms with E-state index in [1.165, 1.54) is 11.1 Å². The minimum absolute atomic E-state index is 0.0326. The summed E-state index contributed by atoms with van der Waals surface area (Å²) in [6, 6.07) is 17.7. The maximum Gasteiger partial charge on any atom is 0.255 e. The SMILES string of the molecule is CC(C)(C)Cc1ccc(OCCCCNC(=O)c2ccc3ccccc3c2O)c(CC(C)(C)C)c1. The number of unbranched alkanes of at least 4 members (excludes halogenated alkanes) is 1. The highest BCUT2D eigenvalue weighted by atomic mass is 16.5. The van der Waals surface area contributed by atoms with Crippen LogP contribution in [0, 0.1) is 10.8 Å². The Balaban J connectivity index is 1.51. The number of carbonyl (C=O) groups is 1. The molecule has 0 saturated heterocycles. The van der Waals surface area contributed by atoms with Gasteiger partial charge in [0, 0.05) is 11.9 Å². The Morgan fingerprint density at radius 2 is 1.60 bits per heavy atom. The number of carbonyl (C=O) groups excluding carboxylic acids is 1. The molecule has 0 unspecified atom stereocenters. The van der Waals surface area contributed by atoms with Crippen LogP contribution in [0.3, 0.4) is 0 Å². The fraction of sp³-hybridized carbons (Fsp3) is 0.452. The Morgan fingerprint density at radius 3 is 2.31 bits per heavy atom. The largest absolute Gasteiger partial charge is 0.506 e. The molecule has 0 radical (unpaired) electrons. The number of rotatable bonds is 9. The zero-order valence-corrected chi connectivity index (χ0v) is 22.2. The van der Waals surface area contributed by atoms with Crippen LogP contribution in [0.5, 0.6) is 11.5 Å². The third kappa shape index (κ3) is 8.02. The predicted molar refractivity (Wildman–Crippen MR) is 145 cm³/mol. The van der Waals surface area contributed by atoms with Crippen molar-refractivity contribution in [3.63, 3.8) is 0 Å². The van der Waals surface area contributed by atoms with Crippen LogP contribution in [0.2, 0.25) is 0 Å². The second-order valence-corrected chi connectivity index (χ2v) is 11.9. The number of fused-ring (bicyclic) bond motifs is 1. The van der Waals surface area contributed by atoms with E-state index in [0.29, 0.717) is 24.1 Å². The molecule has 0 heterocycles. The number of hydrogen-bond donors (Lipinski definition) is 2. The average Bonchev–Trinajstić information content (AvgIpc) is 2.75. The van der Waals surface area contributed by atoms with Crippen LogP contribution in [-0.4, -0.2) is 24.2 Å². The molecule has 35 heavy (non-hydrogen) atoms. The highest BCUT2D eigenvalue weighted by molar-refractivity contribution is 6.03. The van der Waals surface area contributed by atoms with Gasteiger partial charge in [0.05, 0.1) is 12.2 Å². The maximum atomic E-state index is 12.6. The Morgan fingerprint density at radius 1 is 0.886 bits per heavy atom. The first-order chi connectivity index (χ1) is 16.4.